The van der Waals surface area contributed by atoms with Crippen LogP contribution in [0.3, 0.4) is 0 Å². The lowest BCUT2D eigenvalue weighted by Crippen LogP contribution is -2.31. The van der Waals surface area contributed by atoms with Gasteiger partial charge >= 0.3 is 0 Å². The van der Waals surface area contributed by atoms with Crippen molar-refractivity contribution in [3.05, 3.63) is 29.3 Å². The van der Waals surface area contributed by atoms with E-state index in [-0.39, 0.29) is 5.91 Å². The summed E-state index contributed by atoms with van der Waals surface area (Å²) < 4.78 is 5.55. The molecule has 1 aromatic rings. The number of amides is 1. The molecule has 0 spiro atoms. The molecule has 1 saturated carbocycles. The quantitative estimate of drug-likeness (QED) is 0.631. The normalized spacial score (nSPS) is 14.4. The number of nitrogens with zero attached hydrogens (tertiary/aromatic N) is 1. The van der Waals surface area contributed by atoms with E-state index in [9.17, 15) is 4.79 Å². The second-order valence-corrected chi connectivity index (χ2v) is 5.28. The van der Waals surface area contributed by atoms with Crippen LogP contribution in [0.15, 0.2) is 18.2 Å². The third-order valence-corrected chi connectivity index (χ3v) is 3.49. The molecule has 4 heteroatoms. The monoisotopic (exact) mass is 262 g/mol. The molecule has 0 atom stereocenters. The van der Waals surface area contributed by atoms with Gasteiger partial charge in [0.1, 0.15) is 0 Å². The highest BCUT2D eigenvalue weighted by Gasteiger charge is 2.21. The molecule has 1 aliphatic rings. The highest BCUT2D eigenvalue weighted by molar-refractivity contribution is 6.00. The van der Waals surface area contributed by atoms with Crippen LogP contribution in [-0.2, 0) is 4.74 Å². The fourth-order valence-corrected chi connectivity index (χ4v) is 2.01. The number of aryl methyl sites for hydroxylation is 1. The van der Waals surface area contributed by atoms with Crippen LogP contribution in [0.2, 0.25) is 0 Å². The Kier molecular flexibility index (Phi) is 4.43. The second-order valence-electron chi connectivity index (χ2n) is 5.28. The van der Waals surface area contributed by atoms with E-state index in [1.807, 2.05) is 19.1 Å². The van der Waals surface area contributed by atoms with E-state index in [2.05, 4.69) is 0 Å². The predicted octanol–water partition coefficient (Wildman–Crippen LogP) is 2.08. The van der Waals surface area contributed by atoms with E-state index < -0.39 is 0 Å². The number of hydrogen-bond donors (Lipinski definition) is 1. The number of nitrogens with two attached hydrogens (primary N) is 1. The van der Waals surface area contributed by atoms with Gasteiger partial charge in [0.2, 0.25) is 0 Å². The molecule has 0 aliphatic heterocycles. The highest BCUT2D eigenvalue weighted by Crippen LogP contribution is 2.28. The Labute approximate surface area is 114 Å². The summed E-state index contributed by atoms with van der Waals surface area (Å²) in [5.41, 5.74) is 7.94. The Morgan fingerprint density at radius 2 is 2.21 bits per heavy atom. The summed E-state index contributed by atoms with van der Waals surface area (Å²) in [6, 6.07) is 5.53. The number of nitrogen functional groups attached to an aromatic ring is 1. The summed E-state index contributed by atoms with van der Waals surface area (Å²) in [4.78, 5) is 14.0. The maximum Gasteiger partial charge on any atom is 0.256 e. The zero-order chi connectivity index (χ0) is 13.8. The second kappa shape index (κ2) is 6.06. The van der Waals surface area contributed by atoms with Crippen LogP contribution in [-0.4, -0.2) is 37.6 Å². The van der Waals surface area contributed by atoms with Gasteiger partial charge in [-0.3, -0.25) is 4.79 Å². The lowest BCUT2D eigenvalue weighted by atomic mass is 10.1. The van der Waals surface area contributed by atoms with Gasteiger partial charge in [0.25, 0.3) is 5.91 Å². The van der Waals surface area contributed by atoms with Gasteiger partial charge in [-0.2, -0.15) is 0 Å². The van der Waals surface area contributed by atoms with E-state index in [1.54, 1.807) is 18.0 Å². The van der Waals surface area contributed by atoms with Gasteiger partial charge in [0.05, 0.1) is 12.2 Å². The SMILES string of the molecule is Cc1cccc(N)c1C(=O)N(C)CCOCC1CC1. The third kappa shape index (κ3) is 3.70. The molecule has 2 N–H and O–H groups in total. The Balaban J connectivity index is 1.86. The number of rotatable bonds is 6. The molecule has 0 saturated heterocycles. The van der Waals surface area contributed by atoms with Crippen LogP contribution >= 0.6 is 0 Å². The van der Waals surface area contributed by atoms with Crippen molar-refractivity contribution in [1.82, 2.24) is 4.90 Å². The average Bonchev–Trinajstić information content (AvgIpc) is 3.18. The van der Waals surface area contributed by atoms with Gasteiger partial charge in [-0.1, -0.05) is 12.1 Å². The number of carbonyl (C=O) groups excluding carboxylic acids is 1. The Morgan fingerprint density at radius 3 is 2.84 bits per heavy atom. The highest BCUT2D eigenvalue weighted by atomic mass is 16.5. The number of benzene rings is 1. The van der Waals surface area contributed by atoms with Crippen molar-refractivity contribution < 1.29 is 9.53 Å². The number of hydrogen-bond acceptors (Lipinski definition) is 3. The Bertz CT molecular complexity index is 435. The van der Waals surface area contributed by atoms with Crippen LogP contribution in [0.5, 0.6) is 0 Å². The summed E-state index contributed by atoms with van der Waals surface area (Å²) in [7, 11) is 1.79. The van der Waals surface area contributed by atoms with Gasteiger partial charge < -0.3 is 15.4 Å². The summed E-state index contributed by atoms with van der Waals surface area (Å²) in [5, 5.41) is 0. The van der Waals surface area contributed by atoms with Gasteiger partial charge in [0.15, 0.2) is 0 Å². The topological polar surface area (TPSA) is 55.6 Å². The fourth-order valence-electron chi connectivity index (χ4n) is 2.01. The molecule has 19 heavy (non-hydrogen) atoms. The maximum atomic E-state index is 12.3. The first kappa shape index (κ1) is 13.9. The Hall–Kier alpha value is -1.55. The van der Waals surface area contributed by atoms with E-state index in [0.717, 1.165) is 18.1 Å². The van der Waals surface area contributed by atoms with Crippen LogP contribution < -0.4 is 5.73 Å². The van der Waals surface area contributed by atoms with Crippen LogP contribution in [0.25, 0.3) is 0 Å². The van der Waals surface area contributed by atoms with E-state index in [1.165, 1.54) is 12.8 Å². The van der Waals surface area contributed by atoms with Crippen molar-refractivity contribution in [1.29, 1.82) is 0 Å². The van der Waals surface area contributed by atoms with E-state index >= 15 is 0 Å². The molecule has 0 heterocycles. The van der Waals surface area contributed by atoms with Crippen molar-refractivity contribution in [3.8, 4) is 0 Å². The van der Waals surface area contributed by atoms with Gasteiger partial charge in [-0.25, -0.2) is 0 Å². The molecule has 0 radical (unpaired) electrons. The first-order valence-corrected chi connectivity index (χ1v) is 6.78. The fraction of sp³-hybridized carbons (Fsp3) is 0.533. The largest absolute Gasteiger partial charge is 0.398 e. The number of ether oxygens (including phenoxy) is 1. The molecule has 104 valence electrons. The zero-order valence-electron chi connectivity index (χ0n) is 11.7. The van der Waals surface area contributed by atoms with Crippen LogP contribution in [0.4, 0.5) is 5.69 Å². The minimum atomic E-state index is -0.0365. The van der Waals surface area contributed by atoms with E-state index in [4.69, 9.17) is 10.5 Å². The summed E-state index contributed by atoms with van der Waals surface area (Å²) in [5.74, 6) is 0.721. The molecule has 1 aliphatic carbocycles. The smallest absolute Gasteiger partial charge is 0.256 e. The lowest BCUT2D eigenvalue weighted by molar-refractivity contribution is 0.0681. The van der Waals surface area contributed by atoms with Gasteiger partial charge in [-0.05, 0) is 37.3 Å². The lowest BCUT2D eigenvalue weighted by Gasteiger charge is -2.19. The maximum absolute atomic E-state index is 12.3. The predicted molar refractivity (Wildman–Crippen MR) is 76.1 cm³/mol. The van der Waals surface area contributed by atoms with Crippen molar-refractivity contribution >= 4 is 11.6 Å². The molecule has 4 nitrogen and oxygen atoms in total. The van der Waals surface area contributed by atoms with Crippen LogP contribution in [0.1, 0.15) is 28.8 Å². The minimum absolute atomic E-state index is 0.0365. The molecule has 2 rings (SSSR count). The van der Waals surface area contributed by atoms with Gasteiger partial charge in [0, 0.05) is 25.9 Å². The van der Waals surface area contributed by atoms with Crippen LogP contribution in [0, 0.1) is 12.8 Å². The molecule has 1 fully saturated rings. The summed E-state index contributed by atoms with van der Waals surface area (Å²) in [6.45, 7) is 3.92. The molecular weight excluding hydrogens is 240 g/mol. The number of likely N-dealkylation sites (N-methyl/N-ethyl adjacent to an activating group) is 1. The molecule has 1 amide bonds. The molecule has 0 aromatic heterocycles. The molecule has 1 aromatic carbocycles. The van der Waals surface area contributed by atoms with Crippen molar-refractivity contribution in [2.75, 3.05) is 32.5 Å². The third-order valence-electron chi connectivity index (χ3n) is 3.49. The number of carbonyl (C=O) groups is 1. The van der Waals surface area contributed by atoms with Crippen molar-refractivity contribution in [3.63, 3.8) is 0 Å². The first-order chi connectivity index (χ1) is 9.09. The van der Waals surface area contributed by atoms with Crippen molar-refractivity contribution in [2.24, 2.45) is 5.92 Å². The molecule has 0 bridgehead atoms. The zero-order valence-corrected chi connectivity index (χ0v) is 11.7. The molecular formula is C15H22N2O2. The first-order valence-electron chi connectivity index (χ1n) is 6.78. The van der Waals surface area contributed by atoms with Gasteiger partial charge in [-0.15, -0.1) is 0 Å². The summed E-state index contributed by atoms with van der Waals surface area (Å²) in [6.07, 6.45) is 2.57. The Morgan fingerprint density at radius 1 is 1.47 bits per heavy atom. The standard InChI is InChI=1S/C15H22N2O2/c1-11-4-3-5-13(16)14(11)15(18)17(2)8-9-19-10-12-6-7-12/h3-5,12H,6-10,16H2,1-2H3. The van der Waals surface area contributed by atoms with Crippen molar-refractivity contribution in [2.45, 2.75) is 19.8 Å². The summed E-state index contributed by atoms with van der Waals surface area (Å²) >= 11 is 0. The van der Waals surface area contributed by atoms with E-state index in [0.29, 0.717) is 24.4 Å². The number of anilines is 1. The average molecular weight is 262 g/mol. The molecule has 0 unspecified atom stereocenters. The minimum Gasteiger partial charge on any atom is -0.398 e.